The maximum atomic E-state index is 12.6. The molecule has 0 spiro atoms. The fourth-order valence-electron chi connectivity index (χ4n) is 2.95. The van der Waals surface area contributed by atoms with Gasteiger partial charge in [0.1, 0.15) is 12.4 Å². The number of hydrogen-bond donors (Lipinski definition) is 2. The molecule has 8 heteroatoms. The summed E-state index contributed by atoms with van der Waals surface area (Å²) in [5.74, 6) is 1.21. The van der Waals surface area contributed by atoms with Gasteiger partial charge in [0.05, 0.1) is 16.9 Å². The van der Waals surface area contributed by atoms with Crippen LogP contribution in [0.15, 0.2) is 53.6 Å². The summed E-state index contributed by atoms with van der Waals surface area (Å²) in [5.41, 5.74) is 2.53. The normalized spacial score (nSPS) is 12.4. The predicted octanol–water partition coefficient (Wildman–Crippen LogP) is 1.13. The number of sulfonamides is 1. The highest BCUT2D eigenvalue weighted by Gasteiger charge is 2.22. The maximum Gasteiger partial charge on any atom is 0.241 e. The van der Waals surface area contributed by atoms with Crippen LogP contribution in [0.4, 0.5) is 0 Å². The molecule has 0 aliphatic rings. The largest absolute Gasteiger partial charge is 0.548 e. The van der Waals surface area contributed by atoms with Crippen LogP contribution in [-0.2, 0) is 21.2 Å². The molecule has 0 unspecified atom stereocenters. The number of carbonyl (C=O) groups excluding carboxylic acids is 1. The molecule has 1 heterocycles. The van der Waals surface area contributed by atoms with E-state index in [1.165, 1.54) is 24.3 Å². The lowest BCUT2D eigenvalue weighted by atomic mass is 10.0. The fraction of sp³-hybridized carbons (Fsp3) is 0.190. The van der Waals surface area contributed by atoms with Crippen molar-refractivity contribution in [2.45, 2.75) is 24.3 Å². The highest BCUT2D eigenvalue weighted by atomic mass is 32.2. The summed E-state index contributed by atoms with van der Waals surface area (Å²) in [6.07, 6.45) is 6.72. The molecule has 150 valence electrons. The smallest absolute Gasteiger partial charge is 0.241 e. The van der Waals surface area contributed by atoms with Crippen LogP contribution in [0.1, 0.15) is 11.1 Å². The molecule has 0 saturated heterocycles. The molecular formula is C21H19N2O5S-. The van der Waals surface area contributed by atoms with E-state index in [1.807, 2.05) is 25.1 Å². The molecule has 3 aromatic rings. The van der Waals surface area contributed by atoms with E-state index >= 15 is 0 Å². The van der Waals surface area contributed by atoms with E-state index in [0.29, 0.717) is 11.3 Å². The second-order valence-electron chi connectivity index (χ2n) is 6.52. The number of hydrogen-bond acceptors (Lipinski definition) is 5. The lowest BCUT2D eigenvalue weighted by molar-refractivity contribution is -0.307. The molecule has 2 N–H and O–H groups in total. The van der Waals surface area contributed by atoms with Crippen molar-refractivity contribution in [3.8, 4) is 18.1 Å². The Bertz CT molecular complexity index is 1170. The van der Waals surface area contributed by atoms with Gasteiger partial charge in [0.25, 0.3) is 0 Å². The van der Waals surface area contributed by atoms with E-state index in [0.717, 1.165) is 16.5 Å². The molecule has 1 aromatic heterocycles. The fourth-order valence-corrected chi connectivity index (χ4v) is 4.13. The van der Waals surface area contributed by atoms with Crippen LogP contribution in [0.3, 0.4) is 0 Å². The second-order valence-corrected chi connectivity index (χ2v) is 8.24. The molecule has 29 heavy (non-hydrogen) atoms. The number of ether oxygens (including phenoxy) is 1. The van der Waals surface area contributed by atoms with Crippen molar-refractivity contribution >= 4 is 26.9 Å². The molecular weight excluding hydrogens is 392 g/mol. The van der Waals surface area contributed by atoms with Crippen molar-refractivity contribution in [2.75, 3.05) is 6.61 Å². The van der Waals surface area contributed by atoms with Gasteiger partial charge in [-0.2, -0.15) is 0 Å². The number of carboxylic acids is 1. The summed E-state index contributed by atoms with van der Waals surface area (Å²) in [5, 5.41) is 12.5. The van der Waals surface area contributed by atoms with Crippen molar-refractivity contribution in [2.24, 2.45) is 0 Å². The highest BCUT2D eigenvalue weighted by molar-refractivity contribution is 7.89. The van der Waals surface area contributed by atoms with E-state index < -0.39 is 22.0 Å². The van der Waals surface area contributed by atoms with Crippen molar-refractivity contribution in [3.05, 3.63) is 59.8 Å². The zero-order valence-electron chi connectivity index (χ0n) is 15.6. The van der Waals surface area contributed by atoms with Gasteiger partial charge in [-0.05, 0) is 55.3 Å². The van der Waals surface area contributed by atoms with Crippen molar-refractivity contribution in [3.63, 3.8) is 0 Å². The third kappa shape index (κ3) is 4.77. The number of rotatable bonds is 8. The van der Waals surface area contributed by atoms with E-state index in [2.05, 4.69) is 15.6 Å². The standard InChI is InChI=1S/C21H20N2O5S/c1-3-10-28-16-5-7-17(8-6-16)29(26,27)23-20(21(24)25)12-15-13-22-19-9-4-14(2)11-18(15)19/h1,4-9,11,13,20,22-23H,10,12H2,2H3,(H,24,25)/p-1/t20-/m1/s1. The first-order valence-corrected chi connectivity index (χ1v) is 10.2. The number of carboxylic acid groups (broad SMARTS) is 1. The molecule has 0 radical (unpaired) electrons. The number of benzene rings is 2. The summed E-state index contributed by atoms with van der Waals surface area (Å²) in [6, 6.07) is 9.82. The molecule has 0 fully saturated rings. The summed E-state index contributed by atoms with van der Waals surface area (Å²) in [7, 11) is -4.08. The Hall–Kier alpha value is -3.28. The molecule has 0 aliphatic heterocycles. The molecule has 1 atom stereocenters. The number of carbonyl (C=O) groups is 1. The number of aromatic nitrogens is 1. The van der Waals surface area contributed by atoms with Gasteiger partial charge in [-0.3, -0.25) is 0 Å². The number of nitrogens with one attached hydrogen (secondary N) is 2. The van der Waals surface area contributed by atoms with Gasteiger partial charge in [0.2, 0.25) is 10.0 Å². The Balaban J connectivity index is 1.81. The van der Waals surface area contributed by atoms with Gasteiger partial charge in [-0.1, -0.05) is 17.6 Å². The molecule has 3 rings (SSSR count). The quantitative estimate of drug-likeness (QED) is 0.540. The zero-order chi connectivity index (χ0) is 21.0. The Morgan fingerprint density at radius 3 is 2.66 bits per heavy atom. The lowest BCUT2D eigenvalue weighted by Gasteiger charge is -2.19. The number of aromatic amines is 1. The second kappa shape index (κ2) is 8.39. The number of aliphatic carboxylic acids is 1. The minimum atomic E-state index is -4.08. The molecule has 0 saturated carbocycles. The third-order valence-corrected chi connectivity index (χ3v) is 5.87. The average Bonchev–Trinajstić information content (AvgIpc) is 3.08. The van der Waals surface area contributed by atoms with Crippen LogP contribution in [0.2, 0.25) is 0 Å². The summed E-state index contributed by atoms with van der Waals surface area (Å²) >= 11 is 0. The molecule has 2 aromatic carbocycles. The summed E-state index contributed by atoms with van der Waals surface area (Å²) < 4.78 is 32.7. The van der Waals surface area contributed by atoms with E-state index in [-0.39, 0.29) is 17.9 Å². The van der Waals surface area contributed by atoms with Gasteiger partial charge in [0, 0.05) is 17.1 Å². The topological polar surface area (TPSA) is 111 Å². The molecule has 7 nitrogen and oxygen atoms in total. The van der Waals surface area contributed by atoms with Crippen LogP contribution in [0.25, 0.3) is 10.9 Å². The number of H-pyrrole nitrogens is 1. The zero-order valence-corrected chi connectivity index (χ0v) is 16.5. The maximum absolute atomic E-state index is 12.6. The van der Waals surface area contributed by atoms with Crippen LogP contribution in [0, 0.1) is 19.3 Å². The Kier molecular flexibility index (Phi) is 5.92. The van der Waals surface area contributed by atoms with E-state index in [4.69, 9.17) is 11.2 Å². The van der Waals surface area contributed by atoms with E-state index in [9.17, 15) is 18.3 Å². The van der Waals surface area contributed by atoms with Gasteiger partial charge in [-0.25, -0.2) is 13.1 Å². The van der Waals surface area contributed by atoms with Gasteiger partial charge in [0.15, 0.2) is 0 Å². The minimum Gasteiger partial charge on any atom is -0.548 e. The van der Waals surface area contributed by atoms with Crippen molar-refractivity contribution < 1.29 is 23.1 Å². The Labute approximate surface area is 168 Å². The Morgan fingerprint density at radius 2 is 2.00 bits per heavy atom. The summed E-state index contributed by atoms with van der Waals surface area (Å²) in [6.45, 7) is 1.98. The van der Waals surface area contributed by atoms with Gasteiger partial charge < -0.3 is 19.6 Å². The Morgan fingerprint density at radius 1 is 1.28 bits per heavy atom. The van der Waals surface area contributed by atoms with Gasteiger partial charge in [-0.15, -0.1) is 6.42 Å². The van der Waals surface area contributed by atoms with Crippen LogP contribution in [-0.4, -0.2) is 32.0 Å². The molecule has 0 aliphatic carbocycles. The van der Waals surface area contributed by atoms with Crippen molar-refractivity contribution in [1.29, 1.82) is 0 Å². The average molecular weight is 411 g/mol. The molecule has 0 amide bonds. The highest BCUT2D eigenvalue weighted by Crippen LogP contribution is 2.22. The minimum absolute atomic E-state index is 0.0567. The number of terminal acetylenes is 1. The van der Waals surface area contributed by atoms with E-state index in [1.54, 1.807) is 6.20 Å². The predicted molar refractivity (Wildman–Crippen MR) is 107 cm³/mol. The third-order valence-electron chi connectivity index (χ3n) is 4.39. The van der Waals surface area contributed by atoms with Crippen molar-refractivity contribution in [1.82, 2.24) is 9.71 Å². The molecule has 0 bridgehead atoms. The van der Waals surface area contributed by atoms with Crippen LogP contribution in [0.5, 0.6) is 5.75 Å². The lowest BCUT2D eigenvalue weighted by Crippen LogP contribution is -2.49. The van der Waals surface area contributed by atoms with Crippen LogP contribution < -0.4 is 14.6 Å². The van der Waals surface area contributed by atoms with Gasteiger partial charge >= 0.3 is 0 Å². The first-order chi connectivity index (χ1) is 13.8. The first-order valence-electron chi connectivity index (χ1n) is 8.76. The SMILES string of the molecule is C#CCOc1ccc(S(=O)(=O)N[C@H](Cc2c[nH]c3ccc(C)cc23)C(=O)[O-])cc1. The number of aryl methyl sites for hydroxylation is 1. The van der Waals surface area contributed by atoms with Crippen LogP contribution >= 0.6 is 0 Å². The first kappa shape index (κ1) is 20.5. The number of fused-ring (bicyclic) bond motifs is 1. The monoisotopic (exact) mass is 411 g/mol. The summed E-state index contributed by atoms with van der Waals surface area (Å²) in [4.78, 5) is 14.6.